The molecule has 1 amide bonds. The van der Waals surface area contributed by atoms with Crippen molar-refractivity contribution in [3.8, 4) is 11.3 Å². The van der Waals surface area contributed by atoms with Gasteiger partial charge in [-0.15, -0.1) is 0 Å². The lowest BCUT2D eigenvalue weighted by atomic mass is 10.1. The molecule has 1 N–H and O–H groups in total. The lowest BCUT2D eigenvalue weighted by molar-refractivity contribution is 0.0220. The van der Waals surface area contributed by atoms with Crippen molar-refractivity contribution in [2.24, 2.45) is 5.92 Å². The third kappa shape index (κ3) is 3.36. The Morgan fingerprint density at radius 3 is 2.79 bits per heavy atom. The summed E-state index contributed by atoms with van der Waals surface area (Å²) in [7, 11) is 0. The third-order valence-corrected chi connectivity index (χ3v) is 4.61. The summed E-state index contributed by atoms with van der Waals surface area (Å²) in [5.74, 6) is 0.402. The molecule has 0 spiro atoms. The van der Waals surface area contributed by atoms with Crippen LogP contribution in [0.1, 0.15) is 36.3 Å². The predicted molar refractivity (Wildman–Crippen MR) is 93.9 cm³/mol. The highest BCUT2D eigenvalue weighted by atomic mass is 16.5. The van der Waals surface area contributed by atoms with Gasteiger partial charge in [0.25, 0.3) is 5.91 Å². The third-order valence-electron chi connectivity index (χ3n) is 4.61. The minimum Gasteiger partial charge on any atom is -0.376 e. The highest BCUT2D eigenvalue weighted by Crippen LogP contribution is 2.24. The number of hydrogen-bond acceptors (Lipinski definition) is 3. The topological polar surface area (TPSA) is 58.2 Å². The molecule has 5 nitrogen and oxygen atoms in total. The zero-order valence-electron chi connectivity index (χ0n) is 14.6. The monoisotopic (exact) mass is 327 g/mol. The maximum absolute atomic E-state index is 13.0. The van der Waals surface area contributed by atoms with Crippen molar-refractivity contribution in [1.29, 1.82) is 0 Å². The number of aromatic amines is 1. The summed E-state index contributed by atoms with van der Waals surface area (Å²) >= 11 is 0. The summed E-state index contributed by atoms with van der Waals surface area (Å²) in [5, 5.41) is 7.33. The van der Waals surface area contributed by atoms with Crippen molar-refractivity contribution < 1.29 is 9.53 Å². The van der Waals surface area contributed by atoms with Crippen LogP contribution < -0.4 is 0 Å². The molecule has 24 heavy (non-hydrogen) atoms. The Kier molecular flexibility index (Phi) is 5.00. The number of rotatable bonds is 3. The van der Waals surface area contributed by atoms with Crippen molar-refractivity contribution in [1.82, 2.24) is 15.1 Å². The molecule has 1 fully saturated rings. The maximum atomic E-state index is 13.0. The Balaban J connectivity index is 1.84. The largest absolute Gasteiger partial charge is 0.376 e. The number of aromatic nitrogens is 2. The Morgan fingerprint density at radius 1 is 1.33 bits per heavy atom. The fraction of sp³-hybridized carbons (Fsp3) is 0.474. The smallest absolute Gasteiger partial charge is 0.272 e. The zero-order chi connectivity index (χ0) is 17.1. The SMILES string of the molecule is Cc1c(-c2ccccc2)n[nH]c1C(=O)N1CCCOC(C(C)C)C1. The van der Waals surface area contributed by atoms with Gasteiger partial charge in [0.1, 0.15) is 5.69 Å². The number of hydrogen-bond donors (Lipinski definition) is 1. The van der Waals surface area contributed by atoms with Gasteiger partial charge in [-0.25, -0.2) is 0 Å². The predicted octanol–water partition coefficient (Wildman–Crippen LogP) is 3.27. The van der Waals surface area contributed by atoms with Crippen LogP contribution in [0.15, 0.2) is 30.3 Å². The van der Waals surface area contributed by atoms with E-state index in [0.29, 0.717) is 24.8 Å². The summed E-state index contributed by atoms with van der Waals surface area (Å²) in [6, 6.07) is 9.94. The fourth-order valence-electron chi connectivity index (χ4n) is 3.08. The standard InChI is InChI=1S/C19H25N3O2/c1-13(2)16-12-22(10-7-11-24-16)19(23)18-14(3)17(20-21-18)15-8-5-4-6-9-15/h4-6,8-9,13,16H,7,10-12H2,1-3H3,(H,20,21). The first kappa shape index (κ1) is 16.7. The molecule has 3 rings (SSSR count). The molecule has 0 bridgehead atoms. The molecular formula is C19H25N3O2. The van der Waals surface area contributed by atoms with E-state index in [0.717, 1.165) is 29.8 Å². The molecule has 0 aliphatic carbocycles. The van der Waals surface area contributed by atoms with Crippen LogP contribution in [0.3, 0.4) is 0 Å². The minimum absolute atomic E-state index is 0.0123. The number of carbonyl (C=O) groups is 1. The molecule has 1 saturated heterocycles. The molecule has 128 valence electrons. The van der Waals surface area contributed by atoms with Crippen LogP contribution in [0, 0.1) is 12.8 Å². The van der Waals surface area contributed by atoms with Crippen LogP contribution in [0.4, 0.5) is 0 Å². The number of nitrogens with zero attached hydrogens (tertiary/aromatic N) is 2. The van der Waals surface area contributed by atoms with Crippen molar-refractivity contribution in [2.75, 3.05) is 19.7 Å². The minimum atomic E-state index is 0.0123. The molecule has 1 unspecified atom stereocenters. The molecule has 1 aromatic carbocycles. The summed E-state index contributed by atoms with van der Waals surface area (Å²) in [5.41, 5.74) is 3.34. The second kappa shape index (κ2) is 7.18. The molecule has 1 aliphatic rings. The Morgan fingerprint density at radius 2 is 2.08 bits per heavy atom. The number of benzene rings is 1. The number of amides is 1. The number of H-pyrrole nitrogens is 1. The molecule has 0 saturated carbocycles. The first-order valence-electron chi connectivity index (χ1n) is 8.59. The molecule has 1 atom stereocenters. The normalized spacial score (nSPS) is 18.7. The van der Waals surface area contributed by atoms with Crippen LogP contribution in [0.25, 0.3) is 11.3 Å². The van der Waals surface area contributed by atoms with Crippen molar-refractivity contribution >= 4 is 5.91 Å². The van der Waals surface area contributed by atoms with Crippen molar-refractivity contribution in [3.63, 3.8) is 0 Å². The van der Waals surface area contributed by atoms with Gasteiger partial charge in [0.15, 0.2) is 0 Å². The Hall–Kier alpha value is -2.14. The zero-order valence-corrected chi connectivity index (χ0v) is 14.6. The van der Waals surface area contributed by atoms with E-state index in [2.05, 4.69) is 24.0 Å². The van der Waals surface area contributed by atoms with Gasteiger partial charge < -0.3 is 9.64 Å². The molecule has 1 aromatic heterocycles. The lowest BCUT2D eigenvalue weighted by Gasteiger charge is -2.25. The number of carbonyl (C=O) groups excluding carboxylic acids is 1. The van der Waals surface area contributed by atoms with E-state index in [1.165, 1.54) is 0 Å². The summed E-state index contributed by atoms with van der Waals surface area (Å²) in [4.78, 5) is 14.9. The average molecular weight is 327 g/mol. The van der Waals surface area contributed by atoms with E-state index in [-0.39, 0.29) is 12.0 Å². The van der Waals surface area contributed by atoms with Crippen molar-refractivity contribution in [2.45, 2.75) is 33.3 Å². The van der Waals surface area contributed by atoms with Gasteiger partial charge in [-0.3, -0.25) is 9.89 Å². The van der Waals surface area contributed by atoms with Gasteiger partial charge in [0, 0.05) is 30.8 Å². The lowest BCUT2D eigenvalue weighted by Crippen LogP contribution is -2.39. The maximum Gasteiger partial charge on any atom is 0.272 e. The Bertz CT molecular complexity index is 694. The first-order chi connectivity index (χ1) is 11.6. The van der Waals surface area contributed by atoms with Crippen LogP contribution >= 0.6 is 0 Å². The van der Waals surface area contributed by atoms with Gasteiger partial charge in [-0.1, -0.05) is 44.2 Å². The highest BCUT2D eigenvalue weighted by molar-refractivity contribution is 5.95. The highest BCUT2D eigenvalue weighted by Gasteiger charge is 2.27. The average Bonchev–Trinajstić information content (AvgIpc) is 2.81. The molecule has 1 aliphatic heterocycles. The molecular weight excluding hydrogens is 302 g/mol. The fourth-order valence-corrected chi connectivity index (χ4v) is 3.08. The quantitative estimate of drug-likeness (QED) is 0.941. The van der Waals surface area contributed by atoms with Gasteiger partial charge in [-0.05, 0) is 19.3 Å². The van der Waals surface area contributed by atoms with Gasteiger partial charge >= 0.3 is 0 Å². The summed E-state index contributed by atoms with van der Waals surface area (Å²) in [6.45, 7) is 8.29. The van der Waals surface area contributed by atoms with Gasteiger partial charge in [0.2, 0.25) is 0 Å². The van der Waals surface area contributed by atoms with E-state index in [1.54, 1.807) is 0 Å². The summed E-state index contributed by atoms with van der Waals surface area (Å²) < 4.78 is 5.87. The van der Waals surface area contributed by atoms with E-state index in [4.69, 9.17) is 4.74 Å². The van der Waals surface area contributed by atoms with Crippen molar-refractivity contribution in [3.05, 3.63) is 41.6 Å². The Labute approximate surface area is 143 Å². The van der Waals surface area contributed by atoms with E-state index in [9.17, 15) is 4.79 Å². The van der Waals surface area contributed by atoms with E-state index in [1.807, 2.05) is 42.2 Å². The second-order valence-corrected chi connectivity index (χ2v) is 6.70. The van der Waals surface area contributed by atoms with E-state index < -0.39 is 0 Å². The molecule has 2 aromatic rings. The van der Waals surface area contributed by atoms with E-state index >= 15 is 0 Å². The number of ether oxygens (including phenoxy) is 1. The molecule has 2 heterocycles. The molecule has 0 radical (unpaired) electrons. The first-order valence-corrected chi connectivity index (χ1v) is 8.59. The van der Waals surface area contributed by atoms with Crippen LogP contribution in [-0.4, -0.2) is 46.8 Å². The summed E-state index contributed by atoms with van der Waals surface area (Å²) in [6.07, 6.45) is 0.960. The van der Waals surface area contributed by atoms with Gasteiger partial charge in [-0.2, -0.15) is 5.10 Å². The van der Waals surface area contributed by atoms with Crippen LogP contribution in [0.5, 0.6) is 0 Å². The van der Waals surface area contributed by atoms with Crippen LogP contribution in [-0.2, 0) is 4.74 Å². The van der Waals surface area contributed by atoms with Crippen LogP contribution in [0.2, 0.25) is 0 Å². The second-order valence-electron chi connectivity index (χ2n) is 6.70. The number of nitrogens with one attached hydrogen (secondary N) is 1. The van der Waals surface area contributed by atoms with Gasteiger partial charge in [0.05, 0.1) is 11.8 Å². The molecule has 5 heteroatoms.